The summed E-state index contributed by atoms with van der Waals surface area (Å²) in [5.41, 5.74) is 2.07. The minimum Gasteiger partial charge on any atom is -0.450 e. The first-order valence-electron chi connectivity index (χ1n) is 9.39. The lowest BCUT2D eigenvalue weighted by Gasteiger charge is -2.25. The van der Waals surface area contributed by atoms with Crippen LogP contribution < -0.4 is 5.43 Å². The third kappa shape index (κ3) is 3.04. The van der Waals surface area contributed by atoms with E-state index in [2.05, 4.69) is 15.9 Å². The molecular weight excluding hydrogens is 449 g/mol. The van der Waals surface area contributed by atoms with Crippen LogP contribution in [0.3, 0.4) is 0 Å². The molecule has 0 fully saturated rings. The van der Waals surface area contributed by atoms with Crippen molar-refractivity contribution in [3.8, 4) is 0 Å². The molecule has 1 aliphatic rings. The summed E-state index contributed by atoms with van der Waals surface area (Å²) in [5.74, 6) is -0.638. The number of fused-ring (bicyclic) bond motifs is 2. The molecule has 3 aromatic carbocycles. The Bertz CT molecular complexity index is 1330. The van der Waals surface area contributed by atoms with Crippen LogP contribution in [-0.4, -0.2) is 10.8 Å². The van der Waals surface area contributed by atoms with E-state index < -0.39 is 6.04 Å². The van der Waals surface area contributed by atoms with Crippen LogP contribution in [0, 0.1) is 5.82 Å². The third-order valence-corrected chi connectivity index (χ3v) is 5.85. The molecule has 0 N–H and O–H groups in total. The van der Waals surface area contributed by atoms with Crippen molar-refractivity contribution in [3.05, 3.63) is 116 Å². The van der Waals surface area contributed by atoms with Gasteiger partial charge in [-0.1, -0.05) is 52.3 Å². The SMILES string of the molecule is O=C1c2oc3ccccc3c(=O)c2C(c2ccc(Br)cc2)N1Cc1ccc(F)cc1. The molecule has 1 aliphatic heterocycles. The Hall–Kier alpha value is -3.25. The topological polar surface area (TPSA) is 50.5 Å². The van der Waals surface area contributed by atoms with Crippen molar-refractivity contribution in [1.29, 1.82) is 0 Å². The van der Waals surface area contributed by atoms with Crippen LogP contribution >= 0.6 is 15.9 Å². The van der Waals surface area contributed by atoms with Crippen molar-refractivity contribution in [2.75, 3.05) is 0 Å². The highest BCUT2D eigenvalue weighted by Crippen LogP contribution is 2.39. The van der Waals surface area contributed by atoms with Crippen LogP contribution in [0.15, 0.2) is 86.5 Å². The molecule has 0 bridgehead atoms. The predicted molar refractivity (Wildman–Crippen MR) is 115 cm³/mol. The second kappa shape index (κ2) is 7.22. The molecule has 1 amide bonds. The van der Waals surface area contributed by atoms with Gasteiger partial charge >= 0.3 is 0 Å². The summed E-state index contributed by atoms with van der Waals surface area (Å²) in [6, 6.07) is 19.8. The number of hydrogen-bond acceptors (Lipinski definition) is 3. The molecule has 1 unspecified atom stereocenters. The molecule has 30 heavy (non-hydrogen) atoms. The van der Waals surface area contributed by atoms with Gasteiger partial charge in [0.2, 0.25) is 5.76 Å². The van der Waals surface area contributed by atoms with E-state index in [1.54, 1.807) is 41.3 Å². The predicted octanol–water partition coefficient (Wildman–Crippen LogP) is 5.44. The first-order valence-corrected chi connectivity index (χ1v) is 10.2. The minimum absolute atomic E-state index is 0.0636. The Morgan fingerprint density at radius 3 is 2.37 bits per heavy atom. The van der Waals surface area contributed by atoms with Crippen LogP contribution in [-0.2, 0) is 6.54 Å². The Kier molecular flexibility index (Phi) is 4.51. The smallest absolute Gasteiger partial charge is 0.291 e. The number of rotatable bonds is 3. The largest absolute Gasteiger partial charge is 0.450 e. The number of amides is 1. The average Bonchev–Trinajstić information content (AvgIpc) is 3.03. The van der Waals surface area contributed by atoms with Crippen molar-refractivity contribution in [2.45, 2.75) is 12.6 Å². The quantitative estimate of drug-likeness (QED) is 0.406. The van der Waals surface area contributed by atoms with E-state index in [1.807, 2.05) is 24.3 Å². The lowest BCUT2D eigenvalue weighted by atomic mass is 9.98. The summed E-state index contributed by atoms with van der Waals surface area (Å²) >= 11 is 3.42. The van der Waals surface area contributed by atoms with E-state index in [-0.39, 0.29) is 29.5 Å². The second-order valence-electron chi connectivity index (χ2n) is 7.18. The summed E-state index contributed by atoms with van der Waals surface area (Å²) < 4.78 is 20.1. The van der Waals surface area contributed by atoms with Gasteiger partial charge < -0.3 is 9.32 Å². The van der Waals surface area contributed by atoms with Crippen LogP contribution in [0.4, 0.5) is 4.39 Å². The van der Waals surface area contributed by atoms with E-state index in [1.165, 1.54) is 12.1 Å². The molecule has 0 aliphatic carbocycles. The van der Waals surface area contributed by atoms with Crippen LogP contribution in [0.1, 0.15) is 33.3 Å². The number of benzene rings is 3. The zero-order valence-electron chi connectivity index (χ0n) is 15.6. The Morgan fingerprint density at radius 1 is 0.933 bits per heavy atom. The Morgan fingerprint density at radius 2 is 1.63 bits per heavy atom. The normalized spacial score (nSPS) is 15.6. The lowest BCUT2D eigenvalue weighted by molar-refractivity contribution is 0.0714. The molecule has 148 valence electrons. The maximum atomic E-state index is 13.4. The molecule has 4 aromatic rings. The summed E-state index contributed by atoms with van der Waals surface area (Å²) in [6.45, 7) is 0.222. The molecule has 0 radical (unpaired) electrons. The minimum atomic E-state index is -0.591. The molecule has 1 aromatic heterocycles. The van der Waals surface area contributed by atoms with E-state index in [0.717, 1.165) is 15.6 Å². The number of carbonyl (C=O) groups excluding carboxylic acids is 1. The second-order valence-corrected chi connectivity index (χ2v) is 8.10. The monoisotopic (exact) mass is 463 g/mol. The van der Waals surface area contributed by atoms with Gasteiger partial charge in [0.1, 0.15) is 11.4 Å². The van der Waals surface area contributed by atoms with E-state index in [0.29, 0.717) is 16.5 Å². The van der Waals surface area contributed by atoms with Crippen molar-refractivity contribution in [1.82, 2.24) is 4.90 Å². The number of halogens is 2. The summed E-state index contributed by atoms with van der Waals surface area (Å²) in [4.78, 5) is 28.3. The van der Waals surface area contributed by atoms with Gasteiger partial charge in [0.05, 0.1) is 17.0 Å². The molecule has 5 rings (SSSR count). The van der Waals surface area contributed by atoms with Gasteiger partial charge in [0.25, 0.3) is 5.91 Å². The average molecular weight is 464 g/mol. The molecule has 0 spiro atoms. The van der Waals surface area contributed by atoms with E-state index >= 15 is 0 Å². The summed E-state index contributed by atoms with van der Waals surface area (Å²) in [6.07, 6.45) is 0. The van der Waals surface area contributed by atoms with Gasteiger partial charge in [0.15, 0.2) is 5.43 Å². The lowest BCUT2D eigenvalue weighted by Crippen LogP contribution is -2.29. The van der Waals surface area contributed by atoms with Crippen LogP contribution in [0.2, 0.25) is 0 Å². The van der Waals surface area contributed by atoms with Gasteiger partial charge in [-0.15, -0.1) is 0 Å². The first kappa shape index (κ1) is 18.8. The summed E-state index contributed by atoms with van der Waals surface area (Å²) in [5, 5.41) is 0.440. The third-order valence-electron chi connectivity index (χ3n) is 5.33. The van der Waals surface area contributed by atoms with Crippen LogP contribution in [0.25, 0.3) is 11.0 Å². The number of carbonyl (C=O) groups is 1. The van der Waals surface area contributed by atoms with Gasteiger partial charge in [-0.25, -0.2) is 4.39 Å². The van der Waals surface area contributed by atoms with Crippen molar-refractivity contribution in [2.24, 2.45) is 0 Å². The maximum Gasteiger partial charge on any atom is 0.291 e. The number of nitrogens with zero attached hydrogens (tertiary/aromatic N) is 1. The van der Waals surface area contributed by atoms with Crippen LogP contribution in [0.5, 0.6) is 0 Å². The number of para-hydroxylation sites is 1. The van der Waals surface area contributed by atoms with Crippen molar-refractivity contribution < 1.29 is 13.6 Å². The zero-order chi connectivity index (χ0) is 20.8. The van der Waals surface area contributed by atoms with E-state index in [9.17, 15) is 14.0 Å². The fourth-order valence-corrected chi connectivity index (χ4v) is 4.17. The molecular formula is C24H15BrFNO3. The molecule has 0 saturated carbocycles. The highest BCUT2D eigenvalue weighted by molar-refractivity contribution is 9.10. The van der Waals surface area contributed by atoms with E-state index in [4.69, 9.17) is 4.42 Å². The van der Waals surface area contributed by atoms with Crippen molar-refractivity contribution >= 4 is 32.8 Å². The highest BCUT2D eigenvalue weighted by Gasteiger charge is 2.42. The molecule has 2 heterocycles. The Balaban J connectivity index is 1.71. The van der Waals surface area contributed by atoms with Gasteiger partial charge in [-0.2, -0.15) is 0 Å². The zero-order valence-corrected chi connectivity index (χ0v) is 17.2. The molecule has 1 atom stereocenters. The molecule has 4 nitrogen and oxygen atoms in total. The highest BCUT2D eigenvalue weighted by atomic mass is 79.9. The van der Waals surface area contributed by atoms with Crippen molar-refractivity contribution in [3.63, 3.8) is 0 Å². The Labute approximate surface area is 179 Å². The molecule has 0 saturated heterocycles. The molecule has 6 heteroatoms. The van der Waals surface area contributed by atoms with Gasteiger partial charge in [-0.3, -0.25) is 9.59 Å². The maximum absolute atomic E-state index is 13.4. The fraction of sp³-hybridized carbons (Fsp3) is 0.0833. The fourth-order valence-electron chi connectivity index (χ4n) is 3.91. The van der Waals surface area contributed by atoms with Gasteiger partial charge in [-0.05, 0) is 47.5 Å². The van der Waals surface area contributed by atoms with Gasteiger partial charge in [0, 0.05) is 11.0 Å². The standard InChI is InChI=1S/C24H15BrFNO3/c25-16-9-7-15(8-10-16)21-20-22(28)18-3-1-2-4-19(18)30-23(20)24(29)27(21)13-14-5-11-17(26)12-6-14/h1-12,21H,13H2. The number of hydrogen-bond donors (Lipinski definition) is 0. The first-order chi connectivity index (χ1) is 14.5. The summed E-state index contributed by atoms with van der Waals surface area (Å²) in [7, 11) is 0.